The Balaban J connectivity index is 1.63. The average Bonchev–Trinajstić information content (AvgIpc) is 2.76. The lowest BCUT2D eigenvalue weighted by Crippen LogP contribution is -2.48. The number of nitrogens with one attached hydrogen (secondary N) is 1. The van der Waals surface area contributed by atoms with Crippen LogP contribution in [-0.2, 0) is 25.0 Å². The smallest absolute Gasteiger partial charge is 0.309 e. The molecule has 3 rings (SSSR count). The highest BCUT2D eigenvalue weighted by atomic mass is 32.2. The zero-order chi connectivity index (χ0) is 24.1. The first-order valence-electron chi connectivity index (χ1n) is 12.6. The van der Waals surface area contributed by atoms with Crippen LogP contribution in [0.15, 0.2) is 24.3 Å². The Morgan fingerprint density at radius 3 is 2.64 bits per heavy atom. The van der Waals surface area contributed by atoms with Crippen molar-refractivity contribution in [1.82, 2.24) is 4.90 Å². The van der Waals surface area contributed by atoms with Crippen LogP contribution >= 0.6 is 0 Å². The number of benzene rings is 1. The molecule has 2 aliphatic rings. The molecule has 186 valence electrons. The van der Waals surface area contributed by atoms with E-state index in [2.05, 4.69) is 29.5 Å². The molecule has 6 nitrogen and oxygen atoms in total. The first kappa shape index (κ1) is 26.0. The van der Waals surface area contributed by atoms with Gasteiger partial charge in [0.05, 0.1) is 18.8 Å². The number of rotatable bonds is 9. The van der Waals surface area contributed by atoms with Gasteiger partial charge in [-0.1, -0.05) is 45.2 Å². The number of anilines is 1. The fourth-order valence-electron chi connectivity index (χ4n) is 5.75. The molecule has 1 aliphatic heterocycles. The first-order chi connectivity index (χ1) is 15.6. The van der Waals surface area contributed by atoms with Gasteiger partial charge in [-0.05, 0) is 80.6 Å². The van der Waals surface area contributed by atoms with Crippen LogP contribution in [0.4, 0.5) is 5.69 Å². The summed E-state index contributed by atoms with van der Waals surface area (Å²) >= 11 is 0. The molecule has 1 saturated carbocycles. The molecular weight excluding hydrogens is 436 g/mol. The molecule has 1 heterocycles. The van der Waals surface area contributed by atoms with Crippen LogP contribution in [0.25, 0.3) is 0 Å². The molecule has 7 heteroatoms. The summed E-state index contributed by atoms with van der Waals surface area (Å²) in [6.45, 7) is 9.80. The number of sulfonamides is 1. The maximum absolute atomic E-state index is 12.7. The van der Waals surface area contributed by atoms with E-state index in [1.807, 2.05) is 19.1 Å². The summed E-state index contributed by atoms with van der Waals surface area (Å²) in [6, 6.07) is 7.82. The van der Waals surface area contributed by atoms with E-state index in [1.54, 1.807) is 6.07 Å². The lowest BCUT2D eigenvalue weighted by Gasteiger charge is -2.45. The number of piperidine rings is 1. The largest absolute Gasteiger partial charge is 0.466 e. The molecular formula is C26H42N2O4S. The monoisotopic (exact) mass is 478 g/mol. The predicted molar refractivity (Wildman–Crippen MR) is 134 cm³/mol. The molecule has 1 N–H and O–H groups in total. The SMILES string of the molecule is CCOC(=O)C(CCN1CC[C@](C)(c2cccc(NS(C)(=O)=O)c2)[C@@H](C)C1)C1CCCCC1. The van der Waals surface area contributed by atoms with Crippen LogP contribution in [0, 0.1) is 17.8 Å². The summed E-state index contributed by atoms with van der Waals surface area (Å²) < 4.78 is 31.4. The van der Waals surface area contributed by atoms with E-state index in [9.17, 15) is 13.2 Å². The standard InChI is InChI=1S/C26H42N2O4S/c1-5-32-25(29)24(21-10-7-6-8-11-21)14-16-28-17-15-26(3,20(2)19-28)22-12-9-13-23(18-22)27-33(4,30)31/h9,12-13,18,20-21,24,27H,5-8,10-11,14-17,19H2,1-4H3/t20-,24?,26-/m0/s1. The van der Waals surface area contributed by atoms with Crippen LogP contribution in [0.1, 0.15) is 71.3 Å². The van der Waals surface area contributed by atoms with E-state index in [0.717, 1.165) is 45.3 Å². The second-order valence-electron chi connectivity index (χ2n) is 10.4. The van der Waals surface area contributed by atoms with Crippen LogP contribution in [0.3, 0.4) is 0 Å². The lowest BCUT2D eigenvalue weighted by molar-refractivity contribution is -0.151. The maximum atomic E-state index is 12.7. The molecule has 1 saturated heterocycles. The van der Waals surface area contributed by atoms with Gasteiger partial charge < -0.3 is 9.64 Å². The van der Waals surface area contributed by atoms with Crippen molar-refractivity contribution in [1.29, 1.82) is 0 Å². The van der Waals surface area contributed by atoms with Crippen molar-refractivity contribution >= 4 is 21.7 Å². The topological polar surface area (TPSA) is 75.7 Å². The Labute approximate surface area is 200 Å². The van der Waals surface area contributed by atoms with Gasteiger partial charge in [-0.25, -0.2) is 8.42 Å². The number of nitrogens with zero attached hydrogens (tertiary/aromatic N) is 1. The molecule has 0 amide bonds. The van der Waals surface area contributed by atoms with Crippen LogP contribution in [0.2, 0.25) is 0 Å². The molecule has 3 atom stereocenters. The fraction of sp³-hybridized carbons (Fsp3) is 0.731. The van der Waals surface area contributed by atoms with Crippen molar-refractivity contribution in [3.8, 4) is 0 Å². The maximum Gasteiger partial charge on any atom is 0.309 e. The molecule has 0 radical (unpaired) electrons. The van der Waals surface area contributed by atoms with Crippen molar-refractivity contribution in [2.75, 3.05) is 37.2 Å². The summed E-state index contributed by atoms with van der Waals surface area (Å²) in [5, 5.41) is 0. The number of hydrogen-bond acceptors (Lipinski definition) is 5. The third-order valence-electron chi connectivity index (χ3n) is 7.96. The van der Waals surface area contributed by atoms with Gasteiger partial charge in [0.1, 0.15) is 0 Å². The van der Waals surface area contributed by atoms with E-state index in [1.165, 1.54) is 31.1 Å². The Morgan fingerprint density at radius 1 is 1.27 bits per heavy atom. The van der Waals surface area contributed by atoms with Gasteiger partial charge in [-0.15, -0.1) is 0 Å². The van der Waals surface area contributed by atoms with Crippen molar-refractivity contribution < 1.29 is 17.9 Å². The van der Waals surface area contributed by atoms with Gasteiger partial charge in [-0.3, -0.25) is 9.52 Å². The second-order valence-corrected chi connectivity index (χ2v) is 12.1. The van der Waals surface area contributed by atoms with E-state index < -0.39 is 10.0 Å². The quantitative estimate of drug-likeness (QED) is 0.516. The van der Waals surface area contributed by atoms with E-state index in [0.29, 0.717) is 24.1 Å². The molecule has 0 aromatic heterocycles. The third kappa shape index (κ3) is 6.95. The van der Waals surface area contributed by atoms with E-state index in [4.69, 9.17) is 4.74 Å². The van der Waals surface area contributed by atoms with Gasteiger partial charge in [-0.2, -0.15) is 0 Å². The lowest BCUT2D eigenvalue weighted by atomic mass is 9.68. The highest BCUT2D eigenvalue weighted by Crippen LogP contribution is 2.40. The number of esters is 1. The molecule has 1 aromatic carbocycles. The van der Waals surface area contributed by atoms with Crippen molar-refractivity contribution in [2.24, 2.45) is 17.8 Å². The predicted octanol–water partition coefficient (Wildman–Crippen LogP) is 4.81. The molecule has 1 unspecified atom stereocenters. The Bertz CT molecular complexity index is 897. The number of hydrogen-bond donors (Lipinski definition) is 1. The third-order valence-corrected chi connectivity index (χ3v) is 8.56. The minimum atomic E-state index is -3.30. The Hall–Kier alpha value is -1.60. The van der Waals surface area contributed by atoms with Gasteiger partial charge in [0.2, 0.25) is 10.0 Å². The van der Waals surface area contributed by atoms with Gasteiger partial charge in [0.25, 0.3) is 0 Å². The number of ether oxygens (including phenoxy) is 1. The summed E-state index contributed by atoms with van der Waals surface area (Å²) in [6.07, 6.45) is 9.10. The first-order valence-corrected chi connectivity index (χ1v) is 14.5. The van der Waals surface area contributed by atoms with Crippen LogP contribution < -0.4 is 4.72 Å². The molecule has 0 bridgehead atoms. The highest BCUT2D eigenvalue weighted by Gasteiger charge is 2.39. The summed E-state index contributed by atoms with van der Waals surface area (Å²) in [4.78, 5) is 15.2. The second kappa shape index (κ2) is 11.2. The zero-order valence-electron chi connectivity index (χ0n) is 20.8. The molecule has 1 aliphatic carbocycles. The van der Waals surface area contributed by atoms with Crippen LogP contribution in [-0.4, -0.2) is 51.8 Å². The van der Waals surface area contributed by atoms with Crippen molar-refractivity contribution in [2.45, 2.75) is 71.1 Å². The Morgan fingerprint density at radius 2 is 2.00 bits per heavy atom. The number of likely N-dealkylation sites (tertiary alicyclic amines) is 1. The fourth-order valence-corrected chi connectivity index (χ4v) is 6.31. The average molecular weight is 479 g/mol. The molecule has 0 spiro atoms. The van der Waals surface area contributed by atoms with Gasteiger partial charge in [0.15, 0.2) is 0 Å². The number of carbonyl (C=O) groups excluding carboxylic acids is 1. The van der Waals surface area contributed by atoms with Gasteiger partial charge in [0, 0.05) is 12.2 Å². The minimum absolute atomic E-state index is 0.00510. The van der Waals surface area contributed by atoms with Crippen molar-refractivity contribution in [3.05, 3.63) is 29.8 Å². The molecule has 2 fully saturated rings. The molecule has 33 heavy (non-hydrogen) atoms. The minimum Gasteiger partial charge on any atom is -0.466 e. The zero-order valence-corrected chi connectivity index (χ0v) is 21.6. The Kier molecular flexibility index (Phi) is 8.84. The summed E-state index contributed by atoms with van der Waals surface area (Å²) in [5.41, 5.74) is 1.78. The van der Waals surface area contributed by atoms with Gasteiger partial charge >= 0.3 is 5.97 Å². The molecule has 1 aromatic rings. The van der Waals surface area contributed by atoms with E-state index in [-0.39, 0.29) is 17.3 Å². The van der Waals surface area contributed by atoms with Crippen LogP contribution in [0.5, 0.6) is 0 Å². The van der Waals surface area contributed by atoms with E-state index >= 15 is 0 Å². The number of carbonyl (C=O) groups is 1. The highest BCUT2D eigenvalue weighted by molar-refractivity contribution is 7.92. The van der Waals surface area contributed by atoms with Crippen molar-refractivity contribution in [3.63, 3.8) is 0 Å². The summed E-state index contributed by atoms with van der Waals surface area (Å²) in [5.74, 6) is 0.896. The normalized spacial score (nSPS) is 26.0. The summed E-state index contributed by atoms with van der Waals surface area (Å²) in [7, 11) is -3.30.